The van der Waals surface area contributed by atoms with Gasteiger partial charge in [-0.2, -0.15) is 0 Å². The smallest absolute Gasteiger partial charge is 0.247 e. The van der Waals surface area contributed by atoms with E-state index in [1.807, 2.05) is 31.2 Å². The molecule has 4 atom stereocenters. The van der Waals surface area contributed by atoms with Gasteiger partial charge in [-0.1, -0.05) is 42.7 Å². The summed E-state index contributed by atoms with van der Waals surface area (Å²) in [6, 6.07) is 10.3. The summed E-state index contributed by atoms with van der Waals surface area (Å²) < 4.78 is 11.8. The molecule has 5 rings (SSSR count). The van der Waals surface area contributed by atoms with Gasteiger partial charge >= 0.3 is 0 Å². The second-order valence-corrected chi connectivity index (χ2v) is 10.8. The number of aryl methyl sites for hydroxylation is 1. The Labute approximate surface area is 233 Å². The average molecular weight is 549 g/mol. The molecule has 212 valence electrons. The number of hydrogen-bond acceptors (Lipinski definition) is 7. The molecule has 40 heavy (non-hydrogen) atoms. The van der Waals surface area contributed by atoms with Gasteiger partial charge in [0.05, 0.1) is 25.7 Å². The maximum Gasteiger partial charge on any atom is 0.247 e. The fraction of sp³-hybridized carbons (Fsp3) is 0.452. The number of carbonyl (C=O) groups excluding carboxylic acids is 3. The van der Waals surface area contributed by atoms with Crippen molar-refractivity contribution >= 4 is 18.1 Å². The Bertz CT molecular complexity index is 1300. The van der Waals surface area contributed by atoms with Crippen LogP contribution in [-0.2, 0) is 16.1 Å². The zero-order chi connectivity index (χ0) is 28.4. The van der Waals surface area contributed by atoms with Gasteiger partial charge in [-0.3, -0.25) is 14.4 Å². The van der Waals surface area contributed by atoms with Crippen LogP contribution in [0, 0.1) is 12.8 Å². The number of nitrogens with zero attached hydrogens (tertiary/aromatic N) is 1. The van der Waals surface area contributed by atoms with E-state index in [0.717, 1.165) is 36.8 Å². The average Bonchev–Trinajstić information content (AvgIpc) is 3.64. The summed E-state index contributed by atoms with van der Waals surface area (Å²) in [6.45, 7) is 2.06. The number of fused-ring (bicyclic) bond motifs is 3. The minimum Gasteiger partial charge on any atom is -0.493 e. The summed E-state index contributed by atoms with van der Waals surface area (Å²) in [5, 5.41) is 23.9. The van der Waals surface area contributed by atoms with Crippen molar-refractivity contribution in [1.82, 2.24) is 10.2 Å². The molecule has 2 aliphatic carbocycles. The molecule has 0 spiro atoms. The summed E-state index contributed by atoms with van der Waals surface area (Å²) in [4.78, 5) is 40.8. The van der Waals surface area contributed by atoms with Gasteiger partial charge in [0.2, 0.25) is 11.8 Å². The van der Waals surface area contributed by atoms with Gasteiger partial charge in [-0.05, 0) is 43.5 Å². The summed E-state index contributed by atoms with van der Waals surface area (Å²) in [5.74, 6) is -0.647. The predicted molar refractivity (Wildman–Crippen MR) is 147 cm³/mol. The van der Waals surface area contributed by atoms with Crippen molar-refractivity contribution in [3.63, 3.8) is 0 Å². The van der Waals surface area contributed by atoms with Crippen molar-refractivity contribution in [2.24, 2.45) is 5.92 Å². The molecule has 2 amide bonds. The third-order valence-electron chi connectivity index (χ3n) is 8.23. The van der Waals surface area contributed by atoms with Crippen molar-refractivity contribution < 1.29 is 34.1 Å². The second kappa shape index (κ2) is 11.8. The first-order valence-electron chi connectivity index (χ1n) is 13.8. The number of carbonyl (C=O) groups is 3. The Morgan fingerprint density at radius 2 is 1.90 bits per heavy atom. The van der Waals surface area contributed by atoms with Crippen LogP contribution in [0.5, 0.6) is 11.5 Å². The van der Waals surface area contributed by atoms with Crippen LogP contribution in [0.15, 0.2) is 48.0 Å². The molecular formula is C31H36N2O7. The van der Waals surface area contributed by atoms with Crippen LogP contribution in [0.2, 0.25) is 0 Å². The highest BCUT2D eigenvalue weighted by atomic mass is 16.5. The molecule has 2 aromatic carbocycles. The monoisotopic (exact) mass is 548 g/mol. The summed E-state index contributed by atoms with van der Waals surface area (Å²) in [5.41, 5.74) is 3.23. The summed E-state index contributed by atoms with van der Waals surface area (Å²) >= 11 is 0. The van der Waals surface area contributed by atoms with E-state index in [1.165, 1.54) is 7.11 Å². The van der Waals surface area contributed by atoms with Gasteiger partial charge in [0, 0.05) is 35.7 Å². The lowest BCUT2D eigenvalue weighted by atomic mass is 9.77. The third kappa shape index (κ3) is 5.23. The number of ether oxygens (including phenoxy) is 2. The number of nitrogens with one attached hydrogen (secondary N) is 1. The number of amides is 2. The normalized spacial score (nSPS) is 23.4. The van der Waals surface area contributed by atoms with E-state index >= 15 is 0 Å². The second-order valence-electron chi connectivity index (χ2n) is 10.8. The van der Waals surface area contributed by atoms with E-state index < -0.39 is 30.1 Å². The Morgan fingerprint density at radius 3 is 2.55 bits per heavy atom. The lowest BCUT2D eigenvalue weighted by Gasteiger charge is -2.41. The molecule has 0 bridgehead atoms. The van der Waals surface area contributed by atoms with Crippen LogP contribution in [0.1, 0.15) is 58.6 Å². The summed E-state index contributed by atoms with van der Waals surface area (Å²) in [7, 11) is 1.46. The standard InChI is InChI=1S/C31H36N2O7/c1-18-7-9-19(10-8-18)16-33(31(38)21-5-3-4-6-21)24-15-23(30(37)32-11-12-34)26-22-13-20(17-35)14-25(39-2)28(22)40-29(26)27(24)36/h7-10,13-15,17,21,24,26-27,29,34,36H,3-6,11-12,16H2,1-2H3,(H,32,37). The van der Waals surface area contributed by atoms with Gasteiger partial charge in [-0.25, -0.2) is 0 Å². The van der Waals surface area contributed by atoms with E-state index in [1.54, 1.807) is 23.1 Å². The number of rotatable bonds is 9. The first-order valence-corrected chi connectivity index (χ1v) is 13.8. The van der Waals surface area contributed by atoms with Gasteiger partial charge < -0.3 is 29.9 Å². The molecule has 0 radical (unpaired) electrons. The molecule has 0 aromatic heterocycles. The van der Waals surface area contributed by atoms with Crippen LogP contribution in [0.3, 0.4) is 0 Å². The Kier molecular flexibility index (Phi) is 8.23. The number of benzene rings is 2. The summed E-state index contributed by atoms with van der Waals surface area (Å²) in [6.07, 6.45) is 3.84. The van der Waals surface area contributed by atoms with E-state index in [4.69, 9.17) is 9.47 Å². The van der Waals surface area contributed by atoms with Gasteiger partial charge in [0.15, 0.2) is 11.5 Å². The highest BCUT2D eigenvalue weighted by molar-refractivity contribution is 5.96. The fourth-order valence-electron chi connectivity index (χ4n) is 6.19. The number of aliphatic hydroxyl groups is 2. The number of methoxy groups -OCH3 is 1. The quantitative estimate of drug-likeness (QED) is 0.412. The largest absolute Gasteiger partial charge is 0.493 e. The molecule has 3 N–H and O–H groups in total. The van der Waals surface area contributed by atoms with Crippen LogP contribution in [-0.4, -0.2) is 71.7 Å². The van der Waals surface area contributed by atoms with Crippen LogP contribution < -0.4 is 14.8 Å². The molecule has 2 aromatic rings. The van der Waals surface area contributed by atoms with E-state index in [-0.39, 0.29) is 31.5 Å². The van der Waals surface area contributed by atoms with E-state index in [9.17, 15) is 24.6 Å². The fourth-order valence-corrected chi connectivity index (χ4v) is 6.19. The highest BCUT2D eigenvalue weighted by Gasteiger charge is 2.52. The van der Waals surface area contributed by atoms with Crippen molar-refractivity contribution in [2.45, 2.75) is 63.3 Å². The van der Waals surface area contributed by atoms with Crippen LogP contribution >= 0.6 is 0 Å². The van der Waals surface area contributed by atoms with Crippen LogP contribution in [0.25, 0.3) is 0 Å². The van der Waals surface area contributed by atoms with E-state index in [0.29, 0.717) is 34.5 Å². The molecule has 0 saturated heterocycles. The third-order valence-corrected chi connectivity index (χ3v) is 8.23. The van der Waals surface area contributed by atoms with Crippen molar-refractivity contribution in [3.05, 3.63) is 70.3 Å². The van der Waals surface area contributed by atoms with Crippen molar-refractivity contribution in [1.29, 1.82) is 0 Å². The lowest BCUT2D eigenvalue weighted by molar-refractivity contribution is -0.142. The first kappa shape index (κ1) is 27.9. The molecule has 4 unspecified atom stereocenters. The van der Waals surface area contributed by atoms with Crippen LogP contribution in [0.4, 0.5) is 0 Å². The van der Waals surface area contributed by atoms with Crippen molar-refractivity contribution in [3.8, 4) is 11.5 Å². The van der Waals surface area contributed by atoms with Gasteiger partial charge in [-0.15, -0.1) is 0 Å². The Hall–Kier alpha value is -3.69. The maximum atomic E-state index is 14.0. The molecule has 9 nitrogen and oxygen atoms in total. The predicted octanol–water partition coefficient (Wildman–Crippen LogP) is 2.66. The zero-order valence-corrected chi connectivity index (χ0v) is 22.8. The van der Waals surface area contributed by atoms with E-state index in [2.05, 4.69) is 5.32 Å². The van der Waals surface area contributed by atoms with Gasteiger partial charge in [0.1, 0.15) is 18.5 Å². The lowest BCUT2D eigenvalue weighted by Crippen LogP contribution is -2.56. The molecule has 9 heteroatoms. The molecular weight excluding hydrogens is 512 g/mol. The Morgan fingerprint density at radius 1 is 1.18 bits per heavy atom. The minimum absolute atomic E-state index is 0.0419. The zero-order valence-electron chi connectivity index (χ0n) is 22.8. The number of aldehydes is 1. The Balaban J connectivity index is 1.60. The molecule has 1 heterocycles. The molecule has 3 aliphatic rings. The van der Waals surface area contributed by atoms with Gasteiger partial charge in [0.25, 0.3) is 0 Å². The highest BCUT2D eigenvalue weighted by Crippen LogP contribution is 2.51. The molecule has 1 aliphatic heterocycles. The number of aliphatic hydroxyl groups excluding tert-OH is 2. The SMILES string of the molecule is COc1cc(C=O)cc2c1OC1C2C(C(=O)NCCO)=CC(N(Cc2ccc(C)cc2)C(=O)C2CCCC2)C1O. The molecule has 1 fully saturated rings. The maximum absolute atomic E-state index is 14.0. The molecule has 1 saturated carbocycles. The minimum atomic E-state index is -1.16. The van der Waals surface area contributed by atoms with Crippen molar-refractivity contribution in [2.75, 3.05) is 20.3 Å². The number of hydrogen-bond donors (Lipinski definition) is 3. The topological polar surface area (TPSA) is 125 Å². The first-order chi connectivity index (χ1) is 19.4.